The number of hydrogen-bond donors (Lipinski definition) is 2. The highest BCUT2D eigenvalue weighted by Crippen LogP contribution is 2.25. The number of carbonyl (C=O) groups excluding carboxylic acids is 1. The maximum Gasteiger partial charge on any atom is 0.326 e. The highest BCUT2D eigenvalue weighted by atomic mass is 35.5. The van der Waals surface area contributed by atoms with Crippen molar-refractivity contribution in [1.29, 1.82) is 0 Å². The quantitative estimate of drug-likeness (QED) is 0.829. The lowest BCUT2D eigenvalue weighted by atomic mass is 9.87. The molecule has 0 bridgehead atoms. The molecule has 1 atom stereocenters. The maximum atomic E-state index is 11.9. The molecule has 1 rings (SSSR count). The number of amides is 1. The van der Waals surface area contributed by atoms with E-state index in [2.05, 4.69) is 5.32 Å². The third kappa shape index (κ3) is 5.06. The number of carboxylic acids is 1. The molecule has 114 valence electrons. The minimum atomic E-state index is -1.08. The lowest BCUT2D eigenvalue weighted by Crippen LogP contribution is -2.48. The fourth-order valence-electron chi connectivity index (χ4n) is 1.67. The van der Waals surface area contributed by atoms with Crippen LogP contribution in [0.2, 0.25) is 10.0 Å². The second-order valence-electron chi connectivity index (χ2n) is 5.61. The molecule has 1 amide bonds. The van der Waals surface area contributed by atoms with Crippen LogP contribution in [0.5, 0.6) is 0 Å². The van der Waals surface area contributed by atoms with Gasteiger partial charge in [-0.15, -0.1) is 0 Å². The van der Waals surface area contributed by atoms with Gasteiger partial charge in [-0.25, -0.2) is 4.79 Å². The molecule has 1 aromatic rings. The van der Waals surface area contributed by atoms with Crippen LogP contribution in [-0.4, -0.2) is 23.0 Å². The molecule has 0 saturated carbocycles. The molecule has 4 nitrogen and oxygen atoms in total. The van der Waals surface area contributed by atoms with Crippen LogP contribution in [0.1, 0.15) is 26.3 Å². The van der Waals surface area contributed by atoms with Crippen molar-refractivity contribution in [2.75, 3.05) is 0 Å². The highest BCUT2D eigenvalue weighted by molar-refractivity contribution is 6.37. The van der Waals surface area contributed by atoms with Gasteiger partial charge in [0.05, 0.1) is 0 Å². The molecule has 0 spiro atoms. The molecule has 0 fully saturated rings. The highest BCUT2D eigenvalue weighted by Gasteiger charge is 2.31. The van der Waals surface area contributed by atoms with Crippen molar-refractivity contribution in [1.82, 2.24) is 5.32 Å². The van der Waals surface area contributed by atoms with Crippen molar-refractivity contribution in [3.63, 3.8) is 0 Å². The van der Waals surface area contributed by atoms with E-state index in [0.717, 1.165) is 0 Å². The number of hydrogen-bond acceptors (Lipinski definition) is 2. The Balaban J connectivity index is 2.86. The summed E-state index contributed by atoms with van der Waals surface area (Å²) in [6.07, 6.45) is 2.68. The van der Waals surface area contributed by atoms with E-state index in [0.29, 0.717) is 15.6 Å². The molecule has 0 unspecified atom stereocenters. The summed E-state index contributed by atoms with van der Waals surface area (Å²) in [5, 5.41) is 12.4. The number of carboxylic acid groups (broad SMARTS) is 1. The van der Waals surface area contributed by atoms with Gasteiger partial charge in [-0.3, -0.25) is 4.79 Å². The Labute approximate surface area is 133 Å². The Kier molecular flexibility index (Phi) is 5.81. The Morgan fingerprint density at radius 3 is 2.19 bits per heavy atom. The van der Waals surface area contributed by atoms with Crippen molar-refractivity contribution >= 4 is 41.2 Å². The van der Waals surface area contributed by atoms with Crippen molar-refractivity contribution in [2.45, 2.75) is 26.8 Å². The molecule has 2 N–H and O–H groups in total. The van der Waals surface area contributed by atoms with Gasteiger partial charge in [-0.05, 0) is 23.6 Å². The average Bonchev–Trinajstić information content (AvgIpc) is 2.33. The van der Waals surface area contributed by atoms with Crippen LogP contribution < -0.4 is 5.32 Å². The van der Waals surface area contributed by atoms with Gasteiger partial charge in [0.25, 0.3) is 0 Å². The standard InChI is InChI=1S/C15H17Cl2NO3/c1-15(2,3)13(14(20)21)18-12(19)8-7-9-10(16)5-4-6-11(9)17/h4-8,13H,1-3H3,(H,18,19)(H,20,21)/b8-7+/t13-/m0/s1. The van der Waals surface area contributed by atoms with Crippen molar-refractivity contribution in [3.8, 4) is 0 Å². The fourth-order valence-corrected chi connectivity index (χ4v) is 2.19. The molecule has 0 aliphatic rings. The third-order valence-corrected chi connectivity index (χ3v) is 3.46. The number of benzene rings is 1. The Hall–Kier alpha value is -1.52. The largest absolute Gasteiger partial charge is 0.480 e. The molecule has 6 heteroatoms. The second kappa shape index (κ2) is 6.96. The first-order valence-electron chi connectivity index (χ1n) is 6.28. The number of carbonyl (C=O) groups is 2. The van der Waals surface area contributed by atoms with Crippen molar-refractivity contribution < 1.29 is 14.7 Å². The summed E-state index contributed by atoms with van der Waals surface area (Å²) in [4.78, 5) is 23.0. The minimum absolute atomic E-state index is 0.414. The zero-order chi connectivity index (χ0) is 16.2. The summed E-state index contributed by atoms with van der Waals surface area (Å²) in [6, 6.07) is 4.01. The van der Waals surface area contributed by atoms with Crippen LogP contribution in [0.25, 0.3) is 6.08 Å². The normalized spacial score (nSPS) is 13.2. The zero-order valence-corrected chi connectivity index (χ0v) is 13.5. The molecule has 0 heterocycles. The van der Waals surface area contributed by atoms with Crippen LogP contribution in [0, 0.1) is 5.41 Å². The first kappa shape index (κ1) is 17.5. The van der Waals surface area contributed by atoms with Crippen LogP contribution >= 0.6 is 23.2 Å². The molecule has 0 aromatic heterocycles. The van der Waals surface area contributed by atoms with Gasteiger partial charge in [0.2, 0.25) is 5.91 Å². The predicted molar refractivity (Wildman–Crippen MR) is 84.5 cm³/mol. The van der Waals surface area contributed by atoms with Crippen molar-refractivity contribution in [2.24, 2.45) is 5.41 Å². The first-order valence-corrected chi connectivity index (χ1v) is 7.04. The molecule has 1 aromatic carbocycles. The fraction of sp³-hybridized carbons (Fsp3) is 0.333. The summed E-state index contributed by atoms with van der Waals surface area (Å²) >= 11 is 12.0. The molecule has 0 saturated heterocycles. The number of rotatable bonds is 4. The van der Waals surface area contributed by atoms with Crippen LogP contribution in [0.15, 0.2) is 24.3 Å². The lowest BCUT2D eigenvalue weighted by molar-refractivity contribution is -0.144. The molecule has 0 radical (unpaired) electrons. The average molecular weight is 330 g/mol. The van der Waals surface area contributed by atoms with E-state index >= 15 is 0 Å². The number of halogens is 2. The van der Waals surface area contributed by atoms with Gasteiger partial charge < -0.3 is 10.4 Å². The summed E-state index contributed by atoms with van der Waals surface area (Å²) in [5.41, 5.74) is -0.0872. The lowest BCUT2D eigenvalue weighted by Gasteiger charge is -2.27. The molecular formula is C15H17Cl2NO3. The summed E-state index contributed by atoms with van der Waals surface area (Å²) < 4.78 is 0. The van der Waals surface area contributed by atoms with Gasteiger partial charge >= 0.3 is 5.97 Å². The van der Waals surface area contributed by atoms with Crippen LogP contribution in [0.3, 0.4) is 0 Å². The van der Waals surface area contributed by atoms with E-state index in [9.17, 15) is 9.59 Å². The Bertz CT molecular complexity index is 557. The topological polar surface area (TPSA) is 66.4 Å². The third-order valence-electron chi connectivity index (χ3n) is 2.80. The van der Waals surface area contributed by atoms with E-state index in [1.165, 1.54) is 12.2 Å². The van der Waals surface area contributed by atoms with Gasteiger partial charge in [-0.2, -0.15) is 0 Å². The van der Waals surface area contributed by atoms with Crippen LogP contribution in [-0.2, 0) is 9.59 Å². The molecule has 21 heavy (non-hydrogen) atoms. The predicted octanol–water partition coefficient (Wildman–Crippen LogP) is 3.62. The van der Waals surface area contributed by atoms with Gasteiger partial charge in [0, 0.05) is 21.7 Å². The molecule has 0 aliphatic heterocycles. The Morgan fingerprint density at radius 1 is 1.24 bits per heavy atom. The second-order valence-corrected chi connectivity index (χ2v) is 6.43. The minimum Gasteiger partial charge on any atom is -0.480 e. The smallest absolute Gasteiger partial charge is 0.326 e. The summed E-state index contributed by atoms with van der Waals surface area (Å²) in [5.74, 6) is -1.60. The zero-order valence-electron chi connectivity index (χ0n) is 12.0. The SMILES string of the molecule is CC(C)(C)[C@@H](NC(=O)/C=C/c1c(Cl)cccc1Cl)C(=O)O. The van der Waals surface area contributed by atoms with Crippen molar-refractivity contribution in [3.05, 3.63) is 39.9 Å². The van der Waals surface area contributed by atoms with Crippen LogP contribution in [0.4, 0.5) is 0 Å². The monoisotopic (exact) mass is 329 g/mol. The van der Waals surface area contributed by atoms with Gasteiger partial charge in [0.15, 0.2) is 0 Å². The molecule has 0 aliphatic carbocycles. The van der Waals surface area contributed by atoms with E-state index in [1.54, 1.807) is 39.0 Å². The molecular weight excluding hydrogens is 313 g/mol. The van der Waals surface area contributed by atoms with Gasteiger partial charge in [0.1, 0.15) is 6.04 Å². The first-order chi connectivity index (χ1) is 9.62. The maximum absolute atomic E-state index is 11.9. The number of aliphatic carboxylic acids is 1. The van der Waals surface area contributed by atoms with E-state index < -0.39 is 23.3 Å². The van der Waals surface area contributed by atoms with Gasteiger partial charge in [-0.1, -0.05) is 50.0 Å². The van der Waals surface area contributed by atoms with E-state index in [1.807, 2.05) is 0 Å². The summed E-state index contributed by atoms with van der Waals surface area (Å²) in [6.45, 7) is 5.21. The summed E-state index contributed by atoms with van der Waals surface area (Å²) in [7, 11) is 0. The van der Waals surface area contributed by atoms with E-state index in [-0.39, 0.29) is 0 Å². The Morgan fingerprint density at radius 2 is 1.76 bits per heavy atom. The van der Waals surface area contributed by atoms with E-state index in [4.69, 9.17) is 28.3 Å². The number of nitrogens with one attached hydrogen (secondary N) is 1.